The van der Waals surface area contributed by atoms with E-state index in [1.165, 1.54) is 35.6 Å². The standard InChI is InChI=1S/C23H24FN3O4S/c1-4-6-7-12-27(32(29)30)14-19-15(5-2)13-18-20(22(28)25-3)21(31-23(18)26-19)16-8-10-17(24)11-9-16/h4-5,8-13,32H,2,6-7,14H2,1,3H3,(H,25,28). The zero-order chi connectivity index (χ0) is 23.3. The Morgan fingerprint density at radius 2 is 2.00 bits per heavy atom. The molecule has 7 nitrogen and oxygen atoms in total. The predicted octanol–water partition coefficient (Wildman–Crippen LogP) is 4.13. The third-order valence-corrected chi connectivity index (χ3v) is 5.62. The summed E-state index contributed by atoms with van der Waals surface area (Å²) in [4.78, 5) is 17.2. The van der Waals surface area contributed by atoms with Crippen molar-refractivity contribution in [3.05, 3.63) is 72.5 Å². The Labute approximate surface area is 188 Å². The molecule has 0 aliphatic heterocycles. The summed E-state index contributed by atoms with van der Waals surface area (Å²) in [6.45, 7) is 7.31. The lowest BCUT2D eigenvalue weighted by molar-refractivity contribution is 0.0964. The number of aromatic nitrogens is 1. The van der Waals surface area contributed by atoms with Crippen molar-refractivity contribution in [3.8, 4) is 11.3 Å². The van der Waals surface area contributed by atoms with Crippen molar-refractivity contribution in [1.29, 1.82) is 0 Å². The molecule has 9 heteroatoms. The number of thiol groups is 1. The normalized spacial score (nSPS) is 11.4. The average Bonchev–Trinajstić information content (AvgIpc) is 3.15. The summed E-state index contributed by atoms with van der Waals surface area (Å²) in [5, 5.41) is 3.04. The molecule has 1 aromatic carbocycles. The van der Waals surface area contributed by atoms with Crippen molar-refractivity contribution in [3.63, 3.8) is 0 Å². The van der Waals surface area contributed by atoms with Gasteiger partial charge in [0.1, 0.15) is 11.6 Å². The van der Waals surface area contributed by atoms with Gasteiger partial charge in [0.05, 0.1) is 23.2 Å². The maximum Gasteiger partial charge on any atom is 0.255 e. The molecule has 1 amide bonds. The van der Waals surface area contributed by atoms with E-state index in [2.05, 4.69) is 16.9 Å². The van der Waals surface area contributed by atoms with Crippen molar-refractivity contribution >= 4 is 34.0 Å². The third kappa shape index (κ3) is 5.05. The van der Waals surface area contributed by atoms with Gasteiger partial charge in [0.15, 0.2) is 0 Å². The van der Waals surface area contributed by atoms with Gasteiger partial charge in [-0.3, -0.25) is 4.79 Å². The summed E-state index contributed by atoms with van der Waals surface area (Å²) in [7, 11) is -1.36. The van der Waals surface area contributed by atoms with Gasteiger partial charge in [-0.15, -0.1) is 0 Å². The Hall–Kier alpha value is -3.04. The molecule has 3 rings (SSSR count). The first-order chi connectivity index (χ1) is 15.4. The Bertz CT molecular complexity index is 1190. The number of unbranched alkanes of at least 4 members (excludes halogenated alkanes) is 2. The number of carbonyl (C=O) groups is 1. The molecule has 0 bridgehead atoms. The summed E-state index contributed by atoms with van der Waals surface area (Å²) in [6, 6.07) is 7.27. The van der Waals surface area contributed by atoms with Crippen molar-refractivity contribution in [2.75, 3.05) is 7.05 Å². The molecule has 0 unspecified atom stereocenters. The Morgan fingerprint density at radius 3 is 2.59 bits per heavy atom. The quantitative estimate of drug-likeness (QED) is 0.353. The van der Waals surface area contributed by atoms with E-state index in [-0.39, 0.29) is 29.5 Å². The van der Waals surface area contributed by atoms with Gasteiger partial charge in [-0.2, -0.15) is 4.31 Å². The number of carbonyl (C=O) groups excluding carboxylic acids is 1. The topological polar surface area (TPSA) is 92.5 Å². The van der Waals surface area contributed by atoms with Crippen LogP contribution < -0.4 is 5.32 Å². The van der Waals surface area contributed by atoms with E-state index < -0.39 is 16.7 Å². The predicted molar refractivity (Wildman–Crippen MR) is 122 cm³/mol. The molecule has 0 saturated carbocycles. The molecule has 0 spiro atoms. The number of furan rings is 1. The molecule has 0 aliphatic carbocycles. The van der Waals surface area contributed by atoms with E-state index in [4.69, 9.17) is 4.42 Å². The van der Waals surface area contributed by atoms with Crippen LogP contribution in [0.25, 0.3) is 28.5 Å². The molecule has 32 heavy (non-hydrogen) atoms. The van der Waals surface area contributed by atoms with Crippen molar-refractivity contribution in [2.24, 2.45) is 0 Å². The summed E-state index contributed by atoms with van der Waals surface area (Å²) in [5.41, 5.74) is 1.95. The minimum Gasteiger partial charge on any atom is -0.437 e. The monoisotopic (exact) mass is 457 g/mol. The third-order valence-electron chi connectivity index (χ3n) is 4.89. The number of pyridine rings is 1. The zero-order valence-electron chi connectivity index (χ0n) is 17.8. The molecule has 1 N–H and O–H groups in total. The highest BCUT2D eigenvalue weighted by molar-refractivity contribution is 7.69. The number of benzene rings is 1. The van der Waals surface area contributed by atoms with E-state index >= 15 is 0 Å². The second kappa shape index (κ2) is 10.5. The minimum atomic E-state index is -2.86. The van der Waals surface area contributed by atoms with Crippen LogP contribution in [0.3, 0.4) is 0 Å². The number of hydrogen-bond acceptors (Lipinski definition) is 5. The number of hydrogen-bond donors (Lipinski definition) is 2. The molecule has 0 atom stereocenters. The van der Waals surface area contributed by atoms with Gasteiger partial charge in [-0.05, 0) is 55.2 Å². The lowest BCUT2D eigenvalue weighted by atomic mass is 10.0. The summed E-state index contributed by atoms with van der Waals surface area (Å²) >= 11 is 0. The van der Waals surface area contributed by atoms with Crippen LogP contribution in [0.5, 0.6) is 0 Å². The van der Waals surface area contributed by atoms with Crippen LogP contribution in [-0.2, 0) is 17.4 Å². The van der Waals surface area contributed by atoms with E-state index in [0.717, 1.165) is 6.42 Å². The SMILES string of the molecule is C=Cc1cc2c(C(=O)NC)c(-c3ccc(F)cc3)oc2nc1CN([CH]CC[CH]C)[SH](=O)=O. The number of amides is 1. The van der Waals surface area contributed by atoms with E-state index in [1.807, 2.05) is 13.3 Å². The van der Waals surface area contributed by atoms with Crippen LogP contribution in [0.4, 0.5) is 4.39 Å². The lowest BCUT2D eigenvalue weighted by Crippen LogP contribution is -2.20. The number of rotatable bonds is 10. The first-order valence-corrected chi connectivity index (χ1v) is 11.1. The Morgan fingerprint density at radius 1 is 1.28 bits per heavy atom. The zero-order valence-corrected chi connectivity index (χ0v) is 18.7. The molecule has 0 saturated heterocycles. The number of halogens is 1. The highest BCUT2D eigenvalue weighted by Gasteiger charge is 2.24. The number of nitrogens with zero attached hydrogens (tertiary/aromatic N) is 2. The fourth-order valence-electron chi connectivity index (χ4n) is 3.27. The van der Waals surface area contributed by atoms with E-state index in [0.29, 0.717) is 28.6 Å². The fraction of sp³-hybridized carbons (Fsp3) is 0.217. The second-order valence-electron chi connectivity index (χ2n) is 6.98. The maximum atomic E-state index is 13.4. The molecular weight excluding hydrogens is 433 g/mol. The highest BCUT2D eigenvalue weighted by atomic mass is 32.2. The van der Waals surface area contributed by atoms with Crippen molar-refractivity contribution in [1.82, 2.24) is 14.6 Å². The van der Waals surface area contributed by atoms with Crippen LogP contribution in [0.15, 0.2) is 41.3 Å². The van der Waals surface area contributed by atoms with Gasteiger partial charge < -0.3 is 9.73 Å². The molecular formula is C23H24FN3O4S. The Balaban J connectivity index is 2.12. The summed E-state index contributed by atoms with van der Waals surface area (Å²) in [6.07, 6.45) is 4.82. The van der Waals surface area contributed by atoms with Crippen LogP contribution in [0, 0.1) is 18.8 Å². The largest absolute Gasteiger partial charge is 0.437 e. The van der Waals surface area contributed by atoms with Gasteiger partial charge in [0.25, 0.3) is 5.91 Å². The van der Waals surface area contributed by atoms with Crippen molar-refractivity contribution in [2.45, 2.75) is 26.3 Å². The smallest absolute Gasteiger partial charge is 0.255 e. The summed E-state index contributed by atoms with van der Waals surface area (Å²) < 4.78 is 43.9. The first-order valence-electron chi connectivity index (χ1n) is 9.98. The van der Waals surface area contributed by atoms with Crippen LogP contribution in [0.2, 0.25) is 0 Å². The van der Waals surface area contributed by atoms with Gasteiger partial charge in [-0.25, -0.2) is 17.8 Å². The average molecular weight is 458 g/mol. The fourth-order valence-corrected chi connectivity index (χ4v) is 3.76. The summed E-state index contributed by atoms with van der Waals surface area (Å²) in [5.74, 6) is -0.554. The van der Waals surface area contributed by atoms with E-state index in [9.17, 15) is 17.6 Å². The molecule has 2 heterocycles. The molecule has 0 aliphatic rings. The molecule has 168 valence electrons. The van der Waals surface area contributed by atoms with E-state index in [1.54, 1.807) is 18.7 Å². The number of nitrogens with one attached hydrogen (secondary N) is 1. The Kier molecular flexibility index (Phi) is 7.76. The van der Waals surface area contributed by atoms with Gasteiger partial charge in [-0.1, -0.05) is 19.6 Å². The number of fused-ring (bicyclic) bond motifs is 1. The first kappa shape index (κ1) is 23.6. The lowest BCUT2D eigenvalue weighted by Gasteiger charge is -2.15. The van der Waals surface area contributed by atoms with Crippen molar-refractivity contribution < 1.29 is 22.0 Å². The second-order valence-corrected chi connectivity index (χ2v) is 7.97. The van der Waals surface area contributed by atoms with Gasteiger partial charge in [0.2, 0.25) is 16.6 Å². The molecule has 2 radical (unpaired) electrons. The molecule has 2 aromatic heterocycles. The van der Waals surface area contributed by atoms with Crippen LogP contribution in [-0.4, -0.2) is 30.7 Å². The minimum absolute atomic E-state index is 0.00159. The van der Waals surface area contributed by atoms with Gasteiger partial charge >= 0.3 is 0 Å². The van der Waals surface area contributed by atoms with Crippen LogP contribution in [0.1, 0.15) is 41.4 Å². The molecule has 3 aromatic rings. The maximum absolute atomic E-state index is 13.4. The van der Waals surface area contributed by atoms with Crippen LogP contribution >= 0.6 is 0 Å². The van der Waals surface area contributed by atoms with Gasteiger partial charge in [0, 0.05) is 19.2 Å². The molecule has 0 fully saturated rings. The highest BCUT2D eigenvalue weighted by Crippen LogP contribution is 2.34.